The molecule has 1 aliphatic carbocycles. The molecular formula is C19H20N4OS. The zero-order valence-electron chi connectivity index (χ0n) is 14.0. The lowest BCUT2D eigenvalue weighted by molar-refractivity contribution is 0.281. The van der Waals surface area contributed by atoms with Crippen LogP contribution >= 0.6 is 11.5 Å². The number of benzene rings is 1. The third kappa shape index (κ3) is 3.06. The number of aliphatic hydroxyl groups excluding tert-OH is 1. The number of aromatic nitrogens is 3. The first-order chi connectivity index (χ1) is 12.3. The van der Waals surface area contributed by atoms with E-state index in [0.29, 0.717) is 22.3 Å². The van der Waals surface area contributed by atoms with Gasteiger partial charge in [0.2, 0.25) is 0 Å². The number of para-hydroxylation sites is 1. The maximum atomic E-state index is 9.56. The largest absolute Gasteiger partial charge is 0.389 e. The number of hydrogen-bond donors (Lipinski definition) is 1. The average Bonchev–Trinajstić information content (AvgIpc) is 3.27. The predicted molar refractivity (Wildman–Crippen MR) is 98.1 cm³/mol. The summed E-state index contributed by atoms with van der Waals surface area (Å²) in [5.74, 6) is 1.30. The lowest BCUT2D eigenvalue weighted by Gasteiger charge is -2.22. The molecule has 0 bridgehead atoms. The quantitative estimate of drug-likeness (QED) is 0.767. The topological polar surface area (TPSA) is 74.7 Å². The normalized spacial score (nSPS) is 15.5. The van der Waals surface area contributed by atoms with E-state index in [0.717, 1.165) is 23.0 Å². The summed E-state index contributed by atoms with van der Waals surface area (Å²) in [6.45, 7) is 0.841. The van der Waals surface area contributed by atoms with Crippen molar-refractivity contribution in [3.8, 4) is 17.5 Å². The Bertz CT molecular complexity index is 931. The summed E-state index contributed by atoms with van der Waals surface area (Å²) in [5, 5.41) is 20.5. The third-order valence-electron chi connectivity index (χ3n) is 5.04. The van der Waals surface area contributed by atoms with E-state index in [-0.39, 0.29) is 6.61 Å². The van der Waals surface area contributed by atoms with E-state index in [4.69, 9.17) is 0 Å². The van der Waals surface area contributed by atoms with Crippen LogP contribution < -0.4 is 0 Å². The van der Waals surface area contributed by atoms with Gasteiger partial charge in [-0.2, -0.15) is 9.64 Å². The fraction of sp³-hybridized carbons (Fsp3) is 0.421. The maximum Gasteiger partial charge on any atom is 0.175 e. The molecule has 1 N–H and O–H groups in total. The second-order valence-corrected chi connectivity index (χ2v) is 7.52. The summed E-state index contributed by atoms with van der Waals surface area (Å²) in [4.78, 5) is 4.43. The first kappa shape index (κ1) is 16.2. The van der Waals surface area contributed by atoms with Gasteiger partial charge >= 0.3 is 0 Å². The molecule has 25 heavy (non-hydrogen) atoms. The number of nitriles is 1. The van der Waals surface area contributed by atoms with Gasteiger partial charge in [0.15, 0.2) is 5.82 Å². The van der Waals surface area contributed by atoms with Crippen molar-refractivity contribution in [2.24, 2.45) is 5.92 Å². The molecule has 128 valence electrons. The Labute approximate surface area is 150 Å². The predicted octanol–water partition coefficient (Wildman–Crippen LogP) is 4.10. The Morgan fingerprint density at radius 1 is 1.28 bits per heavy atom. The SMILES string of the molecule is N#Cc1cccc2c(-c3nsc(CO)n3)cn(CC3CCCCC3)c12. The molecule has 2 aromatic heterocycles. The molecule has 0 unspecified atom stereocenters. The Hall–Kier alpha value is -2.23. The Balaban J connectivity index is 1.82. The number of rotatable bonds is 4. The standard InChI is InChI=1S/C19H20N4OS/c20-9-14-7-4-8-15-16(19-21-17(12-24)25-22-19)11-23(18(14)15)10-13-5-2-1-3-6-13/h4,7-8,11,13,24H,1-3,5-6,10,12H2. The maximum absolute atomic E-state index is 9.56. The monoisotopic (exact) mass is 352 g/mol. The Morgan fingerprint density at radius 2 is 2.12 bits per heavy atom. The molecule has 0 radical (unpaired) electrons. The molecule has 0 spiro atoms. The van der Waals surface area contributed by atoms with Crippen LogP contribution in [0.25, 0.3) is 22.3 Å². The molecule has 1 saturated carbocycles. The van der Waals surface area contributed by atoms with Gasteiger partial charge in [-0.05, 0) is 36.4 Å². The third-order valence-corrected chi connectivity index (χ3v) is 5.74. The second-order valence-electron chi connectivity index (χ2n) is 6.68. The highest BCUT2D eigenvalue weighted by atomic mass is 32.1. The molecule has 0 saturated heterocycles. The summed E-state index contributed by atoms with van der Waals surface area (Å²) in [6, 6.07) is 8.14. The van der Waals surface area contributed by atoms with Crippen LogP contribution in [0.1, 0.15) is 42.7 Å². The molecule has 1 fully saturated rings. The van der Waals surface area contributed by atoms with Crippen LogP contribution in [-0.4, -0.2) is 19.0 Å². The highest BCUT2D eigenvalue weighted by Gasteiger charge is 2.20. The first-order valence-electron chi connectivity index (χ1n) is 8.76. The van der Waals surface area contributed by atoms with E-state index < -0.39 is 0 Å². The molecule has 4 rings (SSSR count). The fourth-order valence-electron chi connectivity index (χ4n) is 3.85. The van der Waals surface area contributed by atoms with Gasteiger partial charge < -0.3 is 9.67 Å². The van der Waals surface area contributed by atoms with Crippen LogP contribution in [0, 0.1) is 17.2 Å². The molecule has 1 aliphatic rings. The number of hydrogen-bond acceptors (Lipinski definition) is 5. The highest BCUT2D eigenvalue weighted by molar-refractivity contribution is 7.05. The molecule has 1 aromatic carbocycles. The van der Waals surface area contributed by atoms with Crippen molar-refractivity contribution in [2.45, 2.75) is 45.3 Å². The van der Waals surface area contributed by atoms with E-state index in [2.05, 4.69) is 26.2 Å². The molecule has 5 nitrogen and oxygen atoms in total. The molecule has 0 aliphatic heterocycles. The smallest absolute Gasteiger partial charge is 0.175 e. The lowest BCUT2D eigenvalue weighted by Crippen LogP contribution is -2.13. The van der Waals surface area contributed by atoms with Crippen molar-refractivity contribution in [1.82, 2.24) is 13.9 Å². The van der Waals surface area contributed by atoms with E-state index in [1.54, 1.807) is 0 Å². The summed E-state index contributed by atoms with van der Waals surface area (Å²) < 4.78 is 6.62. The van der Waals surface area contributed by atoms with E-state index >= 15 is 0 Å². The Kier molecular flexibility index (Phi) is 4.51. The molecule has 6 heteroatoms. The summed E-state index contributed by atoms with van der Waals surface area (Å²) in [7, 11) is 0. The van der Waals surface area contributed by atoms with Gasteiger partial charge in [0.25, 0.3) is 0 Å². The number of aliphatic hydroxyl groups is 1. The first-order valence-corrected chi connectivity index (χ1v) is 9.53. The van der Waals surface area contributed by atoms with Gasteiger partial charge in [-0.15, -0.1) is 0 Å². The average molecular weight is 352 g/mol. The van der Waals surface area contributed by atoms with Gasteiger partial charge in [-0.25, -0.2) is 4.98 Å². The summed E-state index contributed by atoms with van der Waals surface area (Å²) in [5.41, 5.74) is 2.61. The lowest BCUT2D eigenvalue weighted by atomic mass is 9.89. The van der Waals surface area contributed by atoms with Crippen molar-refractivity contribution >= 4 is 22.4 Å². The Morgan fingerprint density at radius 3 is 2.84 bits per heavy atom. The van der Waals surface area contributed by atoms with Gasteiger partial charge in [-0.1, -0.05) is 31.4 Å². The summed E-state index contributed by atoms with van der Waals surface area (Å²) in [6.07, 6.45) is 8.54. The fourth-order valence-corrected chi connectivity index (χ4v) is 4.37. The molecule has 3 aromatic rings. The minimum atomic E-state index is -0.0954. The van der Waals surface area contributed by atoms with E-state index in [9.17, 15) is 10.4 Å². The van der Waals surface area contributed by atoms with Gasteiger partial charge in [-0.3, -0.25) is 0 Å². The summed E-state index contributed by atoms with van der Waals surface area (Å²) >= 11 is 1.22. The van der Waals surface area contributed by atoms with Crippen LogP contribution in [0.4, 0.5) is 0 Å². The minimum Gasteiger partial charge on any atom is -0.389 e. The van der Waals surface area contributed by atoms with Crippen LogP contribution in [-0.2, 0) is 13.2 Å². The molecule has 0 amide bonds. The van der Waals surface area contributed by atoms with Gasteiger partial charge in [0.1, 0.15) is 11.1 Å². The van der Waals surface area contributed by atoms with Gasteiger partial charge in [0.05, 0.1) is 17.7 Å². The van der Waals surface area contributed by atoms with Crippen molar-refractivity contribution in [1.29, 1.82) is 5.26 Å². The highest BCUT2D eigenvalue weighted by Crippen LogP contribution is 2.34. The van der Waals surface area contributed by atoms with Crippen LogP contribution in [0.5, 0.6) is 0 Å². The second kappa shape index (κ2) is 6.95. The zero-order chi connectivity index (χ0) is 17.2. The zero-order valence-corrected chi connectivity index (χ0v) is 14.8. The van der Waals surface area contributed by atoms with Crippen LogP contribution in [0.15, 0.2) is 24.4 Å². The van der Waals surface area contributed by atoms with Crippen molar-refractivity contribution < 1.29 is 5.11 Å². The van der Waals surface area contributed by atoms with E-state index in [1.165, 1.54) is 43.6 Å². The number of fused-ring (bicyclic) bond motifs is 1. The van der Waals surface area contributed by atoms with Crippen molar-refractivity contribution in [3.63, 3.8) is 0 Å². The van der Waals surface area contributed by atoms with Crippen LogP contribution in [0.2, 0.25) is 0 Å². The minimum absolute atomic E-state index is 0.0954. The van der Waals surface area contributed by atoms with E-state index in [1.807, 2.05) is 18.2 Å². The van der Waals surface area contributed by atoms with Crippen molar-refractivity contribution in [3.05, 3.63) is 35.0 Å². The molecular weight excluding hydrogens is 332 g/mol. The molecule has 2 heterocycles. The molecule has 0 atom stereocenters. The van der Waals surface area contributed by atoms with Crippen LogP contribution in [0.3, 0.4) is 0 Å². The van der Waals surface area contributed by atoms with Gasteiger partial charge in [0, 0.05) is 23.7 Å². The number of nitrogens with zero attached hydrogens (tertiary/aromatic N) is 4. The van der Waals surface area contributed by atoms with Crippen molar-refractivity contribution in [2.75, 3.05) is 0 Å².